The van der Waals surface area contributed by atoms with Crippen LogP contribution in [-0.2, 0) is 9.63 Å². The second kappa shape index (κ2) is 6.24. The van der Waals surface area contributed by atoms with Crippen LogP contribution in [-0.4, -0.2) is 25.5 Å². The van der Waals surface area contributed by atoms with Crippen LogP contribution in [0.5, 0.6) is 0 Å². The minimum absolute atomic E-state index is 0.131. The molecular formula is C10H11BrN2O3. The Morgan fingerprint density at radius 2 is 2.06 bits per heavy atom. The summed E-state index contributed by atoms with van der Waals surface area (Å²) in [6.45, 7) is -0.131. The van der Waals surface area contributed by atoms with Gasteiger partial charge in [0.15, 0.2) is 0 Å². The van der Waals surface area contributed by atoms with Crippen molar-refractivity contribution in [2.24, 2.45) is 0 Å². The predicted molar refractivity (Wildman–Crippen MR) is 61.6 cm³/mol. The molecule has 16 heavy (non-hydrogen) atoms. The molecular weight excluding hydrogens is 276 g/mol. The lowest BCUT2D eigenvalue weighted by atomic mass is 10.2. The molecule has 1 aromatic carbocycles. The van der Waals surface area contributed by atoms with Gasteiger partial charge < -0.3 is 5.32 Å². The molecule has 6 heteroatoms. The topological polar surface area (TPSA) is 67.4 Å². The smallest absolute Gasteiger partial charge is 0.262 e. The third kappa shape index (κ3) is 3.63. The molecule has 0 heterocycles. The summed E-state index contributed by atoms with van der Waals surface area (Å²) in [5.74, 6) is -0.735. The Bertz CT molecular complexity index is 395. The Labute approximate surface area is 101 Å². The molecule has 0 bridgehead atoms. The average Bonchev–Trinajstić information content (AvgIpc) is 2.27. The number of rotatable bonds is 4. The van der Waals surface area contributed by atoms with Crippen molar-refractivity contribution in [3.05, 3.63) is 34.3 Å². The van der Waals surface area contributed by atoms with E-state index in [1.807, 2.05) is 0 Å². The predicted octanol–water partition coefficient (Wildman–Crippen LogP) is 0.857. The van der Waals surface area contributed by atoms with Crippen LogP contribution in [0.15, 0.2) is 28.7 Å². The highest BCUT2D eigenvalue weighted by molar-refractivity contribution is 9.10. The van der Waals surface area contributed by atoms with Gasteiger partial charge in [0.25, 0.3) is 11.8 Å². The van der Waals surface area contributed by atoms with Gasteiger partial charge >= 0.3 is 0 Å². The van der Waals surface area contributed by atoms with Gasteiger partial charge in [-0.05, 0) is 28.1 Å². The van der Waals surface area contributed by atoms with E-state index in [2.05, 4.69) is 31.6 Å². The summed E-state index contributed by atoms with van der Waals surface area (Å²) in [7, 11) is 1.33. The van der Waals surface area contributed by atoms with Gasteiger partial charge in [-0.2, -0.15) is 0 Å². The first kappa shape index (κ1) is 12.7. The summed E-state index contributed by atoms with van der Waals surface area (Å²) in [4.78, 5) is 27.0. The maximum Gasteiger partial charge on any atom is 0.262 e. The van der Waals surface area contributed by atoms with Crippen LogP contribution in [0.2, 0.25) is 0 Å². The molecule has 0 saturated heterocycles. The minimum Gasteiger partial charge on any atom is -0.343 e. The Balaban J connectivity index is 2.54. The first-order chi connectivity index (χ1) is 7.65. The number of hydrogen-bond donors (Lipinski definition) is 2. The standard InChI is InChI=1S/C10H11BrN2O3/c1-16-13-9(14)6-12-10(15)7-4-2-3-5-8(7)11/h2-5H,6H2,1H3,(H,12,15)(H,13,14). The van der Waals surface area contributed by atoms with Gasteiger partial charge in [0, 0.05) is 4.47 Å². The van der Waals surface area contributed by atoms with Crippen molar-refractivity contribution >= 4 is 27.7 Å². The van der Waals surface area contributed by atoms with Crippen molar-refractivity contribution in [1.29, 1.82) is 0 Å². The second-order valence-electron chi connectivity index (χ2n) is 2.89. The van der Waals surface area contributed by atoms with Gasteiger partial charge in [0.1, 0.15) is 0 Å². The van der Waals surface area contributed by atoms with Crippen LogP contribution in [0.25, 0.3) is 0 Å². The molecule has 0 aliphatic heterocycles. The van der Waals surface area contributed by atoms with Crippen LogP contribution in [0.1, 0.15) is 10.4 Å². The number of benzene rings is 1. The van der Waals surface area contributed by atoms with Crippen molar-refractivity contribution in [3.63, 3.8) is 0 Å². The van der Waals surface area contributed by atoms with Crippen LogP contribution < -0.4 is 10.8 Å². The fourth-order valence-corrected chi connectivity index (χ4v) is 1.52. The fraction of sp³-hybridized carbons (Fsp3) is 0.200. The zero-order valence-electron chi connectivity index (χ0n) is 8.62. The Morgan fingerprint density at radius 1 is 1.38 bits per heavy atom. The van der Waals surface area contributed by atoms with Crippen LogP contribution in [0.3, 0.4) is 0 Å². The minimum atomic E-state index is -0.414. The van der Waals surface area contributed by atoms with Crippen LogP contribution in [0.4, 0.5) is 0 Å². The summed E-state index contributed by atoms with van der Waals surface area (Å²) in [5, 5.41) is 2.46. The number of carbonyl (C=O) groups is 2. The molecule has 0 aromatic heterocycles. The van der Waals surface area contributed by atoms with E-state index < -0.39 is 5.91 Å². The lowest BCUT2D eigenvalue weighted by Crippen LogP contribution is -2.36. The zero-order valence-corrected chi connectivity index (χ0v) is 10.2. The van der Waals surface area contributed by atoms with Crippen LogP contribution >= 0.6 is 15.9 Å². The number of nitrogens with one attached hydrogen (secondary N) is 2. The maximum absolute atomic E-state index is 11.6. The Hall–Kier alpha value is -1.40. The molecule has 0 unspecified atom stereocenters. The molecule has 2 N–H and O–H groups in total. The molecule has 0 aliphatic carbocycles. The van der Waals surface area contributed by atoms with E-state index in [9.17, 15) is 9.59 Å². The van der Waals surface area contributed by atoms with E-state index in [4.69, 9.17) is 0 Å². The van der Waals surface area contributed by atoms with Gasteiger partial charge in [-0.1, -0.05) is 12.1 Å². The molecule has 2 amide bonds. The Morgan fingerprint density at radius 3 is 2.69 bits per heavy atom. The molecule has 0 radical (unpaired) electrons. The molecule has 5 nitrogen and oxygen atoms in total. The molecule has 0 aliphatic rings. The van der Waals surface area contributed by atoms with Crippen molar-refractivity contribution in [1.82, 2.24) is 10.8 Å². The van der Waals surface area contributed by atoms with Crippen molar-refractivity contribution in [3.8, 4) is 0 Å². The normalized spacial score (nSPS) is 9.62. The van der Waals surface area contributed by atoms with Gasteiger partial charge in [0.05, 0.1) is 19.2 Å². The molecule has 86 valence electrons. The quantitative estimate of drug-likeness (QED) is 0.807. The Kier molecular flexibility index (Phi) is 4.94. The lowest BCUT2D eigenvalue weighted by Gasteiger charge is -2.06. The van der Waals surface area contributed by atoms with Gasteiger partial charge in [-0.25, -0.2) is 5.48 Å². The number of hydroxylamine groups is 1. The summed E-state index contributed by atoms with van der Waals surface area (Å²) < 4.78 is 0.680. The number of hydrogen-bond acceptors (Lipinski definition) is 3. The average molecular weight is 287 g/mol. The van der Waals surface area contributed by atoms with Crippen molar-refractivity contribution in [2.75, 3.05) is 13.7 Å². The van der Waals surface area contributed by atoms with E-state index in [1.54, 1.807) is 24.3 Å². The SMILES string of the molecule is CONC(=O)CNC(=O)c1ccccc1Br. The van der Waals surface area contributed by atoms with Gasteiger partial charge in [-0.3, -0.25) is 14.4 Å². The first-order valence-corrected chi connectivity index (χ1v) is 5.29. The first-order valence-electron chi connectivity index (χ1n) is 4.49. The van der Waals surface area contributed by atoms with Crippen molar-refractivity contribution < 1.29 is 14.4 Å². The van der Waals surface area contributed by atoms with E-state index in [1.165, 1.54) is 7.11 Å². The highest BCUT2D eigenvalue weighted by atomic mass is 79.9. The molecule has 0 fully saturated rings. The van der Waals surface area contributed by atoms with E-state index >= 15 is 0 Å². The van der Waals surface area contributed by atoms with E-state index in [0.717, 1.165) is 0 Å². The molecule has 1 aromatic rings. The zero-order chi connectivity index (χ0) is 12.0. The number of halogens is 1. The largest absolute Gasteiger partial charge is 0.343 e. The molecule has 1 rings (SSSR count). The third-order valence-corrected chi connectivity index (χ3v) is 2.44. The number of amides is 2. The van der Waals surface area contributed by atoms with Crippen LogP contribution in [0, 0.1) is 0 Å². The second-order valence-corrected chi connectivity index (χ2v) is 3.75. The number of carbonyl (C=O) groups excluding carboxylic acids is 2. The van der Waals surface area contributed by atoms with Crippen molar-refractivity contribution in [2.45, 2.75) is 0 Å². The molecule has 0 saturated carbocycles. The summed E-state index contributed by atoms with van der Waals surface area (Å²) in [5.41, 5.74) is 2.58. The van der Waals surface area contributed by atoms with Gasteiger partial charge in [0.2, 0.25) is 0 Å². The molecule has 0 atom stereocenters. The summed E-state index contributed by atoms with van der Waals surface area (Å²) >= 11 is 3.25. The van der Waals surface area contributed by atoms with Gasteiger partial charge in [-0.15, -0.1) is 0 Å². The maximum atomic E-state index is 11.6. The molecule has 0 spiro atoms. The summed E-state index contributed by atoms with van der Waals surface area (Å²) in [6, 6.07) is 6.96. The lowest BCUT2D eigenvalue weighted by molar-refractivity contribution is -0.130. The van der Waals surface area contributed by atoms with E-state index in [-0.39, 0.29) is 12.5 Å². The summed E-state index contributed by atoms with van der Waals surface area (Å²) in [6.07, 6.45) is 0. The monoisotopic (exact) mass is 286 g/mol. The highest BCUT2D eigenvalue weighted by Crippen LogP contribution is 2.15. The highest BCUT2D eigenvalue weighted by Gasteiger charge is 2.10. The van der Waals surface area contributed by atoms with E-state index in [0.29, 0.717) is 10.0 Å². The third-order valence-electron chi connectivity index (χ3n) is 1.74. The fourth-order valence-electron chi connectivity index (χ4n) is 1.05.